The summed E-state index contributed by atoms with van der Waals surface area (Å²) >= 11 is 19.5. The van der Waals surface area contributed by atoms with Crippen LogP contribution in [0.3, 0.4) is 0 Å². The van der Waals surface area contributed by atoms with Crippen LogP contribution in [-0.2, 0) is 29.5 Å². The van der Waals surface area contributed by atoms with Crippen LogP contribution in [0.4, 0.5) is 0 Å². The van der Waals surface area contributed by atoms with E-state index >= 15 is 0 Å². The first-order chi connectivity index (χ1) is 18.7. The molecule has 11 heteroatoms. The lowest BCUT2D eigenvalue weighted by molar-refractivity contribution is -0.139. The molecule has 2 unspecified atom stereocenters. The predicted octanol–water partition coefficient (Wildman–Crippen LogP) is 4.74. The van der Waals surface area contributed by atoms with E-state index in [1.807, 2.05) is 30.3 Å². The minimum Gasteiger partial charge on any atom is -0.480 e. The quantitative estimate of drug-likeness (QED) is 0.275. The van der Waals surface area contributed by atoms with Crippen LogP contribution in [0, 0.1) is 0 Å². The van der Waals surface area contributed by atoms with Gasteiger partial charge in [0, 0.05) is 42.3 Å². The number of aryl methyl sites for hydroxylation is 1. The van der Waals surface area contributed by atoms with Crippen molar-refractivity contribution in [2.24, 2.45) is 7.05 Å². The largest absolute Gasteiger partial charge is 0.480 e. The second-order valence-corrected chi connectivity index (χ2v) is 10.7. The highest BCUT2D eigenvalue weighted by Gasteiger charge is 2.22. The van der Waals surface area contributed by atoms with Crippen molar-refractivity contribution in [3.05, 3.63) is 96.8 Å². The molecule has 204 valence electrons. The summed E-state index contributed by atoms with van der Waals surface area (Å²) in [4.78, 5) is 25.0. The third-order valence-corrected chi connectivity index (χ3v) is 7.93. The van der Waals surface area contributed by atoms with Crippen LogP contribution in [-0.4, -0.2) is 45.9 Å². The molecule has 0 amide bonds. The number of fused-ring (bicyclic) bond motifs is 1. The van der Waals surface area contributed by atoms with E-state index in [1.165, 1.54) is 0 Å². The summed E-state index contributed by atoms with van der Waals surface area (Å²) in [6, 6.07) is 15.3. The van der Waals surface area contributed by atoms with Gasteiger partial charge in [0.15, 0.2) is 0 Å². The van der Waals surface area contributed by atoms with E-state index in [0.717, 1.165) is 23.2 Å². The smallest absolute Gasteiger partial charge is 0.333 e. The average molecular weight is 590 g/mol. The van der Waals surface area contributed by atoms with Crippen molar-refractivity contribution in [3.8, 4) is 5.69 Å². The number of morpholine rings is 1. The fourth-order valence-electron chi connectivity index (χ4n) is 4.83. The van der Waals surface area contributed by atoms with Gasteiger partial charge in [0.2, 0.25) is 0 Å². The van der Waals surface area contributed by atoms with Gasteiger partial charge in [-0.25, -0.2) is 4.79 Å². The second kappa shape index (κ2) is 11.7. The molecule has 0 bridgehead atoms. The maximum atomic E-state index is 12.9. The number of aromatic nitrogens is 2. The second-order valence-electron chi connectivity index (χ2n) is 9.45. The number of carbonyl (C=O) groups is 1. The molecule has 8 nitrogen and oxygen atoms in total. The van der Waals surface area contributed by atoms with E-state index in [0.29, 0.717) is 45.0 Å². The molecule has 3 N–H and O–H groups in total. The van der Waals surface area contributed by atoms with Gasteiger partial charge in [-0.2, -0.15) is 0 Å². The number of ether oxygens (including phenoxy) is 1. The van der Waals surface area contributed by atoms with Gasteiger partial charge in [0.05, 0.1) is 34.5 Å². The fraction of sp³-hybridized carbons (Fsp3) is 0.286. The first-order valence-corrected chi connectivity index (χ1v) is 13.6. The van der Waals surface area contributed by atoms with E-state index < -0.39 is 12.0 Å². The lowest BCUT2D eigenvalue weighted by Gasteiger charge is -2.25. The zero-order valence-electron chi connectivity index (χ0n) is 21.1. The lowest BCUT2D eigenvalue weighted by Crippen LogP contribution is -2.38. The van der Waals surface area contributed by atoms with Crippen LogP contribution in [0.15, 0.2) is 59.4 Å². The molecule has 1 saturated heterocycles. The summed E-state index contributed by atoms with van der Waals surface area (Å²) in [6.07, 6.45) is 0.0849. The van der Waals surface area contributed by atoms with Gasteiger partial charge in [-0.05, 0) is 53.9 Å². The zero-order chi connectivity index (χ0) is 27.7. The summed E-state index contributed by atoms with van der Waals surface area (Å²) in [6.45, 7) is 2.26. The summed E-state index contributed by atoms with van der Waals surface area (Å²) < 4.78 is 8.88. The van der Waals surface area contributed by atoms with Crippen LogP contribution >= 0.6 is 34.8 Å². The van der Waals surface area contributed by atoms with E-state index in [-0.39, 0.29) is 24.8 Å². The molecule has 1 aromatic heterocycles. The molecular weight excluding hydrogens is 563 g/mol. The minimum absolute atomic E-state index is 0.133. The fourth-order valence-corrected chi connectivity index (χ4v) is 5.72. The number of hydrogen-bond donors (Lipinski definition) is 3. The molecule has 4 aromatic rings. The number of nitrogens with one attached hydrogen (secondary N) is 2. The first-order valence-electron chi connectivity index (χ1n) is 12.5. The van der Waals surface area contributed by atoms with Gasteiger partial charge in [-0.1, -0.05) is 53.0 Å². The standard InChI is InChI=1S/C28H27Cl3N4O4/c1-34-24-4-2-3-20(29)26(24)35(28(34)38)18-7-5-16(6-8-18)11-23(27(36)37)33-14-19-21(30)12-17(13-22(19)31)25-15-32-9-10-39-25/h2-8,12-13,23,25,32-33H,9-11,14-15H2,1H3,(H,36,37). The summed E-state index contributed by atoms with van der Waals surface area (Å²) in [5, 5.41) is 17.6. The van der Waals surface area contributed by atoms with Crippen molar-refractivity contribution in [2.75, 3.05) is 19.7 Å². The Balaban J connectivity index is 1.31. The van der Waals surface area contributed by atoms with E-state index in [2.05, 4.69) is 10.6 Å². The van der Waals surface area contributed by atoms with Gasteiger partial charge in [-0.3, -0.25) is 19.2 Å². The Hall–Kier alpha value is -2.85. The van der Waals surface area contributed by atoms with Crippen molar-refractivity contribution in [2.45, 2.75) is 25.1 Å². The van der Waals surface area contributed by atoms with Crippen LogP contribution in [0.2, 0.25) is 15.1 Å². The number of hydrogen-bond acceptors (Lipinski definition) is 5. The molecule has 0 saturated carbocycles. The highest BCUT2D eigenvalue weighted by atomic mass is 35.5. The number of imidazole rings is 1. The molecule has 5 rings (SSSR count). The van der Waals surface area contributed by atoms with Crippen molar-refractivity contribution in [1.29, 1.82) is 0 Å². The molecule has 0 radical (unpaired) electrons. The number of halogens is 3. The van der Waals surface area contributed by atoms with Gasteiger partial charge < -0.3 is 15.2 Å². The monoisotopic (exact) mass is 588 g/mol. The normalized spacial score (nSPS) is 16.5. The van der Waals surface area contributed by atoms with Crippen molar-refractivity contribution in [3.63, 3.8) is 0 Å². The molecule has 0 aliphatic carbocycles. The lowest BCUT2D eigenvalue weighted by atomic mass is 10.0. The van der Waals surface area contributed by atoms with Crippen LogP contribution in [0.1, 0.15) is 22.8 Å². The van der Waals surface area contributed by atoms with E-state index in [1.54, 1.807) is 40.4 Å². The van der Waals surface area contributed by atoms with Gasteiger partial charge in [0.25, 0.3) is 0 Å². The summed E-state index contributed by atoms with van der Waals surface area (Å²) in [5.74, 6) is -0.998. The number of carboxylic acids is 1. The predicted molar refractivity (Wildman–Crippen MR) is 154 cm³/mol. The highest BCUT2D eigenvalue weighted by Crippen LogP contribution is 2.31. The third kappa shape index (κ3) is 5.72. The molecule has 2 heterocycles. The zero-order valence-corrected chi connectivity index (χ0v) is 23.4. The van der Waals surface area contributed by atoms with E-state index in [4.69, 9.17) is 39.5 Å². The Labute approximate surface area is 240 Å². The molecule has 0 spiro atoms. The summed E-state index contributed by atoms with van der Waals surface area (Å²) in [7, 11) is 1.70. The van der Waals surface area contributed by atoms with Crippen LogP contribution < -0.4 is 16.3 Å². The van der Waals surface area contributed by atoms with Gasteiger partial charge in [0.1, 0.15) is 6.04 Å². The Morgan fingerprint density at radius 2 is 1.85 bits per heavy atom. The molecule has 3 aromatic carbocycles. The first kappa shape index (κ1) is 27.7. The molecule has 1 aliphatic heterocycles. The van der Waals surface area contributed by atoms with Crippen LogP contribution in [0.25, 0.3) is 16.7 Å². The number of benzene rings is 3. The number of para-hydroxylation sites is 1. The molecule has 2 atom stereocenters. The maximum Gasteiger partial charge on any atom is 0.333 e. The number of aliphatic carboxylic acids is 1. The number of carboxylic acid groups (broad SMARTS) is 1. The number of rotatable bonds is 8. The molecule has 39 heavy (non-hydrogen) atoms. The molecule has 1 aliphatic rings. The topological polar surface area (TPSA) is 97.5 Å². The van der Waals surface area contributed by atoms with Crippen molar-refractivity contribution < 1.29 is 14.6 Å². The van der Waals surface area contributed by atoms with Gasteiger partial charge in [-0.15, -0.1) is 0 Å². The van der Waals surface area contributed by atoms with E-state index in [9.17, 15) is 14.7 Å². The Kier molecular flexibility index (Phi) is 8.32. The van der Waals surface area contributed by atoms with Crippen molar-refractivity contribution in [1.82, 2.24) is 19.8 Å². The third-order valence-electron chi connectivity index (χ3n) is 6.95. The maximum absolute atomic E-state index is 12.9. The summed E-state index contributed by atoms with van der Waals surface area (Å²) in [5.41, 5.74) is 4.05. The SMILES string of the molecule is Cn1c(=O)n(-c2ccc(CC(NCc3c(Cl)cc(C4CNCCO4)cc3Cl)C(=O)O)cc2)c2c(Cl)cccc21. The average Bonchev–Trinajstić information content (AvgIpc) is 3.19. The van der Waals surface area contributed by atoms with Crippen molar-refractivity contribution >= 4 is 51.8 Å². The number of nitrogens with zero attached hydrogens (tertiary/aromatic N) is 2. The van der Waals surface area contributed by atoms with Gasteiger partial charge >= 0.3 is 11.7 Å². The van der Waals surface area contributed by atoms with Crippen LogP contribution in [0.5, 0.6) is 0 Å². The minimum atomic E-state index is -0.998. The Morgan fingerprint density at radius 3 is 2.49 bits per heavy atom. The Morgan fingerprint density at radius 1 is 1.13 bits per heavy atom. The molecule has 1 fully saturated rings. The Bertz CT molecular complexity index is 1550. The highest BCUT2D eigenvalue weighted by molar-refractivity contribution is 6.36. The molecular formula is C28H27Cl3N4O4.